The van der Waals surface area contributed by atoms with Gasteiger partial charge in [-0.1, -0.05) is 33.1 Å². The number of hydrogen-bond donors (Lipinski definition) is 2. The average molecular weight is 374 g/mol. The standard InChI is InChI=1S/C18H26N6O3/c1-3-5-7-11-23(17(26)13-12-20-8-9-21-13)14-15(19)24(10-6-4-2)18(27)22-16(14)25/h8-9,12H,3-7,10-11,19H2,1-2H3,(H,22,25,27). The van der Waals surface area contributed by atoms with Crippen LogP contribution in [-0.2, 0) is 6.54 Å². The van der Waals surface area contributed by atoms with E-state index in [-0.39, 0.29) is 17.2 Å². The maximum Gasteiger partial charge on any atom is 0.330 e. The fraction of sp³-hybridized carbons (Fsp3) is 0.500. The van der Waals surface area contributed by atoms with Gasteiger partial charge in [-0.05, 0) is 12.8 Å². The van der Waals surface area contributed by atoms with Gasteiger partial charge < -0.3 is 5.73 Å². The molecule has 0 unspecified atom stereocenters. The quantitative estimate of drug-likeness (QED) is 0.641. The smallest absolute Gasteiger partial charge is 0.330 e. The molecular weight excluding hydrogens is 348 g/mol. The molecule has 0 saturated carbocycles. The van der Waals surface area contributed by atoms with Crippen molar-refractivity contribution in [2.45, 2.75) is 52.5 Å². The third kappa shape index (κ3) is 4.81. The van der Waals surface area contributed by atoms with E-state index in [1.165, 1.54) is 28.1 Å². The molecule has 27 heavy (non-hydrogen) atoms. The first-order valence-electron chi connectivity index (χ1n) is 9.21. The van der Waals surface area contributed by atoms with Crippen LogP contribution in [0.1, 0.15) is 56.4 Å². The van der Waals surface area contributed by atoms with E-state index < -0.39 is 17.2 Å². The number of unbranched alkanes of at least 4 members (excludes halogenated alkanes) is 3. The highest BCUT2D eigenvalue weighted by Crippen LogP contribution is 2.20. The number of aromatic nitrogens is 4. The molecule has 9 nitrogen and oxygen atoms in total. The number of amides is 1. The number of nitrogens with zero attached hydrogens (tertiary/aromatic N) is 4. The molecule has 0 radical (unpaired) electrons. The van der Waals surface area contributed by atoms with Gasteiger partial charge in [0.1, 0.15) is 11.5 Å². The lowest BCUT2D eigenvalue weighted by Crippen LogP contribution is -2.42. The number of nitrogens with one attached hydrogen (secondary N) is 1. The molecule has 0 bridgehead atoms. The SMILES string of the molecule is CCCCCN(C(=O)c1cnccn1)c1c(N)n(CCCC)c(=O)[nH]c1=O. The number of hydrogen-bond acceptors (Lipinski definition) is 6. The number of carbonyl (C=O) groups is 1. The highest BCUT2D eigenvalue weighted by molar-refractivity contribution is 6.05. The summed E-state index contributed by atoms with van der Waals surface area (Å²) in [7, 11) is 0. The van der Waals surface area contributed by atoms with E-state index in [4.69, 9.17) is 5.73 Å². The maximum absolute atomic E-state index is 13.0. The lowest BCUT2D eigenvalue weighted by atomic mass is 10.2. The number of carbonyl (C=O) groups excluding carboxylic acids is 1. The molecule has 3 N–H and O–H groups in total. The lowest BCUT2D eigenvalue weighted by molar-refractivity contribution is 0.0981. The van der Waals surface area contributed by atoms with Crippen LogP contribution < -0.4 is 21.9 Å². The molecule has 0 spiro atoms. The Labute approximate surface area is 157 Å². The Bertz CT molecular complexity index is 875. The van der Waals surface area contributed by atoms with Crippen molar-refractivity contribution < 1.29 is 4.79 Å². The first-order valence-corrected chi connectivity index (χ1v) is 9.21. The van der Waals surface area contributed by atoms with Crippen molar-refractivity contribution in [1.29, 1.82) is 0 Å². The van der Waals surface area contributed by atoms with E-state index in [0.717, 1.165) is 25.7 Å². The fourth-order valence-electron chi connectivity index (χ4n) is 2.76. The zero-order valence-corrected chi connectivity index (χ0v) is 15.8. The average Bonchev–Trinajstić information content (AvgIpc) is 2.66. The van der Waals surface area contributed by atoms with Crippen LogP contribution >= 0.6 is 0 Å². The van der Waals surface area contributed by atoms with E-state index in [9.17, 15) is 14.4 Å². The van der Waals surface area contributed by atoms with Crippen LogP contribution in [0, 0.1) is 0 Å². The minimum atomic E-state index is -0.681. The van der Waals surface area contributed by atoms with Crippen molar-refractivity contribution in [3.63, 3.8) is 0 Å². The molecule has 0 aliphatic carbocycles. The summed E-state index contributed by atoms with van der Waals surface area (Å²) >= 11 is 0. The second kappa shape index (κ2) is 9.65. The number of aromatic amines is 1. The van der Waals surface area contributed by atoms with Crippen LogP contribution in [0.5, 0.6) is 0 Å². The van der Waals surface area contributed by atoms with Crippen LogP contribution in [0.4, 0.5) is 11.5 Å². The molecule has 1 amide bonds. The maximum atomic E-state index is 13.0. The molecule has 0 atom stereocenters. The Morgan fingerprint density at radius 2 is 1.93 bits per heavy atom. The van der Waals surface area contributed by atoms with Crippen molar-refractivity contribution in [3.8, 4) is 0 Å². The minimum Gasteiger partial charge on any atom is -0.383 e. The van der Waals surface area contributed by atoms with E-state index in [0.29, 0.717) is 19.5 Å². The van der Waals surface area contributed by atoms with Crippen molar-refractivity contribution in [3.05, 3.63) is 45.1 Å². The number of anilines is 2. The molecule has 2 aromatic heterocycles. The summed E-state index contributed by atoms with van der Waals surface area (Å²) in [6.45, 7) is 4.69. The summed E-state index contributed by atoms with van der Waals surface area (Å²) in [4.78, 5) is 49.2. The summed E-state index contributed by atoms with van der Waals surface area (Å²) in [5.74, 6) is -0.483. The second-order valence-electron chi connectivity index (χ2n) is 6.25. The molecule has 0 saturated heterocycles. The molecule has 2 heterocycles. The molecule has 2 aromatic rings. The Balaban J connectivity index is 2.53. The Kier molecular flexibility index (Phi) is 7.27. The third-order valence-electron chi connectivity index (χ3n) is 4.23. The molecule has 0 aliphatic heterocycles. The molecule has 146 valence electrons. The van der Waals surface area contributed by atoms with Crippen molar-refractivity contribution in [1.82, 2.24) is 19.5 Å². The van der Waals surface area contributed by atoms with Gasteiger partial charge in [0.2, 0.25) is 0 Å². The Morgan fingerprint density at radius 1 is 1.19 bits per heavy atom. The van der Waals surface area contributed by atoms with Crippen LogP contribution in [0.25, 0.3) is 0 Å². The molecule has 0 fully saturated rings. The van der Waals surface area contributed by atoms with Gasteiger partial charge in [0.05, 0.1) is 6.20 Å². The van der Waals surface area contributed by atoms with E-state index in [1.807, 2.05) is 13.8 Å². The van der Waals surface area contributed by atoms with Crippen molar-refractivity contribution in [2.24, 2.45) is 0 Å². The zero-order chi connectivity index (χ0) is 19.8. The largest absolute Gasteiger partial charge is 0.383 e. The third-order valence-corrected chi connectivity index (χ3v) is 4.23. The Hall–Kier alpha value is -2.97. The molecular formula is C18H26N6O3. The first kappa shape index (κ1) is 20.3. The van der Waals surface area contributed by atoms with E-state index >= 15 is 0 Å². The fourth-order valence-corrected chi connectivity index (χ4v) is 2.76. The molecule has 0 aliphatic rings. The van der Waals surface area contributed by atoms with Gasteiger partial charge in [-0.2, -0.15) is 0 Å². The number of nitrogens with two attached hydrogens (primary N) is 1. The number of nitrogen functional groups attached to an aromatic ring is 1. The predicted octanol–water partition coefficient (Wildman–Crippen LogP) is 1.55. The predicted molar refractivity (Wildman–Crippen MR) is 104 cm³/mol. The van der Waals surface area contributed by atoms with Gasteiger partial charge in [-0.25, -0.2) is 9.78 Å². The van der Waals surface area contributed by atoms with Crippen LogP contribution in [0.3, 0.4) is 0 Å². The monoisotopic (exact) mass is 374 g/mol. The minimum absolute atomic E-state index is 0.00839. The Morgan fingerprint density at radius 3 is 2.56 bits per heavy atom. The van der Waals surface area contributed by atoms with Gasteiger partial charge in [0.15, 0.2) is 5.69 Å². The topological polar surface area (TPSA) is 127 Å². The van der Waals surface area contributed by atoms with Crippen LogP contribution in [0.15, 0.2) is 28.2 Å². The summed E-state index contributed by atoms with van der Waals surface area (Å²) in [5.41, 5.74) is 5.00. The normalized spacial score (nSPS) is 10.7. The molecule has 9 heteroatoms. The van der Waals surface area contributed by atoms with E-state index in [2.05, 4.69) is 15.0 Å². The molecule has 2 rings (SSSR count). The zero-order valence-electron chi connectivity index (χ0n) is 15.8. The summed E-state index contributed by atoms with van der Waals surface area (Å²) in [6.07, 6.45) is 8.33. The van der Waals surface area contributed by atoms with Crippen molar-refractivity contribution in [2.75, 3.05) is 17.2 Å². The summed E-state index contributed by atoms with van der Waals surface area (Å²) in [5, 5.41) is 0. The van der Waals surface area contributed by atoms with Gasteiger partial charge in [0.25, 0.3) is 11.5 Å². The highest BCUT2D eigenvalue weighted by Gasteiger charge is 2.25. The van der Waals surface area contributed by atoms with E-state index in [1.54, 1.807) is 0 Å². The summed E-state index contributed by atoms with van der Waals surface area (Å²) in [6, 6.07) is 0. The second-order valence-corrected chi connectivity index (χ2v) is 6.25. The highest BCUT2D eigenvalue weighted by atomic mass is 16.2. The van der Waals surface area contributed by atoms with Crippen LogP contribution in [-0.4, -0.2) is 32.0 Å². The lowest BCUT2D eigenvalue weighted by Gasteiger charge is -2.24. The first-order chi connectivity index (χ1) is 13.0. The number of H-pyrrole nitrogens is 1. The van der Waals surface area contributed by atoms with Gasteiger partial charge in [0, 0.05) is 25.5 Å². The number of rotatable bonds is 9. The van der Waals surface area contributed by atoms with Gasteiger partial charge >= 0.3 is 5.69 Å². The summed E-state index contributed by atoms with van der Waals surface area (Å²) < 4.78 is 1.30. The van der Waals surface area contributed by atoms with Gasteiger partial charge in [-0.15, -0.1) is 0 Å². The molecule has 0 aromatic carbocycles. The van der Waals surface area contributed by atoms with Crippen LogP contribution in [0.2, 0.25) is 0 Å². The van der Waals surface area contributed by atoms with Crippen molar-refractivity contribution >= 4 is 17.4 Å². The van der Waals surface area contributed by atoms with Gasteiger partial charge in [-0.3, -0.25) is 29.0 Å².